The Balaban J connectivity index is 1.37. The quantitative estimate of drug-likeness (QED) is 0.554. The van der Waals surface area contributed by atoms with Gasteiger partial charge >= 0.3 is 0 Å². The van der Waals surface area contributed by atoms with Crippen molar-refractivity contribution in [3.05, 3.63) is 90.0 Å². The van der Waals surface area contributed by atoms with E-state index in [0.29, 0.717) is 11.3 Å². The van der Waals surface area contributed by atoms with Crippen LogP contribution in [0.15, 0.2) is 83.8 Å². The van der Waals surface area contributed by atoms with Gasteiger partial charge in [-0.1, -0.05) is 30.3 Å². The van der Waals surface area contributed by atoms with E-state index in [4.69, 9.17) is 0 Å². The van der Waals surface area contributed by atoms with Crippen molar-refractivity contribution in [3.8, 4) is 0 Å². The summed E-state index contributed by atoms with van der Waals surface area (Å²) in [6.07, 6.45) is 2.47. The first-order chi connectivity index (χ1) is 15.4. The number of nitrogens with one attached hydrogen (secondary N) is 2. The maximum atomic E-state index is 12.7. The van der Waals surface area contributed by atoms with E-state index in [1.807, 2.05) is 6.92 Å². The highest BCUT2D eigenvalue weighted by Crippen LogP contribution is 2.23. The van der Waals surface area contributed by atoms with Gasteiger partial charge in [0.05, 0.1) is 10.9 Å². The minimum atomic E-state index is -3.67. The lowest BCUT2D eigenvalue weighted by Crippen LogP contribution is -2.26. The molecule has 0 radical (unpaired) electrons. The smallest absolute Gasteiger partial charge is 0.261 e. The molecule has 1 amide bonds. The fourth-order valence-electron chi connectivity index (χ4n) is 3.82. The van der Waals surface area contributed by atoms with Gasteiger partial charge in [0.1, 0.15) is 0 Å². The van der Waals surface area contributed by atoms with E-state index in [9.17, 15) is 13.2 Å². The lowest BCUT2D eigenvalue weighted by molar-refractivity contribution is 0.0940. The topological polar surface area (TPSA) is 78.5 Å². The average molecular weight is 450 g/mol. The molecule has 0 aromatic heterocycles. The maximum Gasteiger partial charge on any atom is 0.261 e. The summed E-state index contributed by atoms with van der Waals surface area (Å²) >= 11 is 0. The van der Waals surface area contributed by atoms with Crippen LogP contribution in [0.5, 0.6) is 0 Å². The molecule has 32 heavy (non-hydrogen) atoms. The molecule has 0 saturated carbocycles. The number of sulfonamides is 1. The number of hydrogen-bond donors (Lipinski definition) is 2. The van der Waals surface area contributed by atoms with Crippen LogP contribution >= 0.6 is 0 Å². The highest BCUT2D eigenvalue weighted by molar-refractivity contribution is 7.92. The Morgan fingerprint density at radius 1 is 0.875 bits per heavy atom. The molecule has 2 N–H and O–H groups in total. The van der Waals surface area contributed by atoms with Crippen LogP contribution in [-0.2, 0) is 10.0 Å². The van der Waals surface area contributed by atoms with Crippen LogP contribution in [0, 0.1) is 0 Å². The monoisotopic (exact) mass is 449 g/mol. The maximum absolute atomic E-state index is 12.7. The number of rotatable bonds is 7. The van der Waals surface area contributed by atoms with E-state index >= 15 is 0 Å². The molecule has 1 aliphatic heterocycles. The third-order valence-corrected chi connectivity index (χ3v) is 7.06. The van der Waals surface area contributed by atoms with Crippen molar-refractivity contribution in [2.24, 2.45) is 0 Å². The SMILES string of the molecule is C[C@H](NC(=O)c1ccc(NS(=O)(=O)c2ccccc2)cc1)c1ccc(N2CCCC2)cc1. The largest absolute Gasteiger partial charge is 0.372 e. The first-order valence-electron chi connectivity index (χ1n) is 10.8. The Hall–Kier alpha value is -3.32. The Morgan fingerprint density at radius 2 is 1.50 bits per heavy atom. The van der Waals surface area contributed by atoms with Crippen molar-refractivity contribution in [2.75, 3.05) is 22.7 Å². The Kier molecular flexibility index (Phi) is 6.46. The molecule has 0 unspecified atom stereocenters. The summed E-state index contributed by atoms with van der Waals surface area (Å²) in [5, 5.41) is 3.00. The summed E-state index contributed by atoms with van der Waals surface area (Å²) in [4.78, 5) is 15.2. The number of anilines is 2. The summed E-state index contributed by atoms with van der Waals surface area (Å²) < 4.78 is 27.4. The fraction of sp³-hybridized carbons (Fsp3) is 0.240. The lowest BCUT2D eigenvalue weighted by Gasteiger charge is -2.19. The van der Waals surface area contributed by atoms with E-state index in [1.54, 1.807) is 42.5 Å². The van der Waals surface area contributed by atoms with Gasteiger partial charge < -0.3 is 10.2 Å². The van der Waals surface area contributed by atoms with E-state index in [1.165, 1.54) is 30.7 Å². The molecule has 1 aliphatic rings. The zero-order chi connectivity index (χ0) is 22.6. The third kappa shape index (κ3) is 5.11. The highest BCUT2D eigenvalue weighted by atomic mass is 32.2. The second-order valence-electron chi connectivity index (χ2n) is 7.98. The van der Waals surface area contributed by atoms with Crippen LogP contribution in [0.1, 0.15) is 41.7 Å². The molecule has 1 heterocycles. The molecular formula is C25H27N3O3S. The standard InChI is InChI=1S/C25H27N3O3S/c1-19(20-11-15-23(16-12-20)28-17-5-6-18-28)26-25(29)21-9-13-22(14-10-21)27-32(30,31)24-7-3-2-4-8-24/h2-4,7-16,19,27H,5-6,17-18H2,1H3,(H,26,29)/t19-/m0/s1. The van der Waals surface area contributed by atoms with E-state index in [2.05, 4.69) is 39.2 Å². The minimum Gasteiger partial charge on any atom is -0.372 e. The number of amides is 1. The van der Waals surface area contributed by atoms with Crippen LogP contribution < -0.4 is 14.9 Å². The molecule has 1 atom stereocenters. The Labute approximate surface area is 189 Å². The molecule has 3 aromatic rings. The van der Waals surface area contributed by atoms with E-state index in [-0.39, 0.29) is 16.8 Å². The molecular weight excluding hydrogens is 422 g/mol. The van der Waals surface area contributed by atoms with Crippen molar-refractivity contribution in [3.63, 3.8) is 0 Å². The van der Waals surface area contributed by atoms with Gasteiger partial charge in [-0.15, -0.1) is 0 Å². The van der Waals surface area contributed by atoms with Crippen LogP contribution in [0.2, 0.25) is 0 Å². The summed E-state index contributed by atoms with van der Waals surface area (Å²) in [6.45, 7) is 4.15. The Bertz CT molecular complexity index is 1160. The molecule has 6 nitrogen and oxygen atoms in total. The molecule has 0 bridgehead atoms. The van der Waals surface area contributed by atoms with Crippen molar-refractivity contribution in [1.29, 1.82) is 0 Å². The summed E-state index contributed by atoms with van der Waals surface area (Å²) in [7, 11) is -3.67. The molecule has 7 heteroatoms. The van der Waals surface area contributed by atoms with Crippen molar-refractivity contribution in [2.45, 2.75) is 30.7 Å². The number of carbonyl (C=O) groups is 1. The summed E-state index contributed by atoms with van der Waals surface area (Å²) in [6, 6.07) is 22.7. The van der Waals surface area contributed by atoms with Gasteiger partial charge in [-0.25, -0.2) is 8.42 Å². The van der Waals surface area contributed by atoms with Gasteiger partial charge in [0, 0.05) is 30.0 Å². The molecule has 4 rings (SSSR count). The van der Waals surface area contributed by atoms with Gasteiger partial charge in [0.25, 0.3) is 15.9 Å². The molecule has 166 valence electrons. The van der Waals surface area contributed by atoms with Gasteiger partial charge in [0.2, 0.25) is 0 Å². The fourth-order valence-corrected chi connectivity index (χ4v) is 4.90. The number of carbonyl (C=O) groups excluding carboxylic acids is 1. The lowest BCUT2D eigenvalue weighted by atomic mass is 10.1. The molecule has 1 fully saturated rings. The predicted molar refractivity (Wildman–Crippen MR) is 127 cm³/mol. The van der Waals surface area contributed by atoms with Crippen LogP contribution in [0.3, 0.4) is 0 Å². The Morgan fingerprint density at radius 3 is 2.12 bits per heavy atom. The van der Waals surface area contributed by atoms with Crippen molar-refractivity contribution >= 4 is 27.3 Å². The molecule has 1 saturated heterocycles. The van der Waals surface area contributed by atoms with E-state index in [0.717, 1.165) is 18.7 Å². The first kappa shape index (κ1) is 21.9. The first-order valence-corrected chi connectivity index (χ1v) is 12.2. The van der Waals surface area contributed by atoms with Gasteiger partial charge in [-0.2, -0.15) is 0 Å². The van der Waals surface area contributed by atoms with Crippen LogP contribution in [-0.4, -0.2) is 27.4 Å². The normalized spacial score (nSPS) is 14.7. The average Bonchev–Trinajstić information content (AvgIpc) is 3.35. The summed E-state index contributed by atoms with van der Waals surface area (Å²) in [5.74, 6) is -0.210. The van der Waals surface area contributed by atoms with E-state index < -0.39 is 10.0 Å². The molecule has 0 spiro atoms. The zero-order valence-electron chi connectivity index (χ0n) is 18.0. The second kappa shape index (κ2) is 9.44. The van der Waals surface area contributed by atoms with Crippen LogP contribution in [0.25, 0.3) is 0 Å². The number of benzene rings is 3. The van der Waals surface area contributed by atoms with Crippen molar-refractivity contribution < 1.29 is 13.2 Å². The van der Waals surface area contributed by atoms with Gasteiger partial charge in [-0.3, -0.25) is 9.52 Å². The second-order valence-corrected chi connectivity index (χ2v) is 9.66. The summed E-state index contributed by atoms with van der Waals surface area (Å²) in [5.41, 5.74) is 3.12. The van der Waals surface area contributed by atoms with Crippen molar-refractivity contribution in [1.82, 2.24) is 5.32 Å². The van der Waals surface area contributed by atoms with Crippen LogP contribution in [0.4, 0.5) is 11.4 Å². The zero-order valence-corrected chi connectivity index (χ0v) is 18.8. The van der Waals surface area contributed by atoms with Gasteiger partial charge in [0.15, 0.2) is 0 Å². The third-order valence-electron chi connectivity index (χ3n) is 5.66. The minimum absolute atomic E-state index is 0.147. The van der Waals surface area contributed by atoms with Gasteiger partial charge in [-0.05, 0) is 73.9 Å². The molecule has 3 aromatic carbocycles. The number of hydrogen-bond acceptors (Lipinski definition) is 4. The number of nitrogens with zero attached hydrogens (tertiary/aromatic N) is 1. The predicted octanol–water partition coefficient (Wildman–Crippen LogP) is 4.58. The highest BCUT2D eigenvalue weighted by Gasteiger charge is 2.16. The molecule has 0 aliphatic carbocycles.